The molecule has 9 heteroatoms. The summed E-state index contributed by atoms with van der Waals surface area (Å²) in [6.45, 7) is 3.12. The van der Waals surface area contributed by atoms with Gasteiger partial charge in [0.25, 0.3) is 0 Å². The topological polar surface area (TPSA) is 119 Å². The maximum Gasteiger partial charge on any atom is 0.341 e. The van der Waals surface area contributed by atoms with Crippen molar-refractivity contribution < 1.29 is 19.4 Å². The number of hydrogen-bond acceptors (Lipinski definition) is 6. The predicted octanol–water partition coefficient (Wildman–Crippen LogP) is 2.18. The zero-order chi connectivity index (χ0) is 20.8. The Kier molecular flexibility index (Phi) is 6.18. The number of aromatic nitrogens is 4. The van der Waals surface area contributed by atoms with Crippen LogP contribution in [0.4, 0.5) is 5.69 Å². The smallest absolute Gasteiger partial charge is 0.341 e. The summed E-state index contributed by atoms with van der Waals surface area (Å²) in [5.41, 5.74) is 2.33. The number of carboxylic acids is 1. The second kappa shape index (κ2) is 8.96. The van der Waals surface area contributed by atoms with Crippen LogP contribution in [0.2, 0.25) is 0 Å². The molecule has 2 N–H and O–H groups in total. The van der Waals surface area contributed by atoms with Crippen LogP contribution >= 0.6 is 0 Å². The van der Waals surface area contributed by atoms with E-state index in [1.54, 1.807) is 32.0 Å². The number of tetrazole rings is 1. The third kappa shape index (κ3) is 5.16. The monoisotopic (exact) mass is 395 g/mol. The van der Waals surface area contributed by atoms with Crippen molar-refractivity contribution >= 4 is 17.6 Å². The minimum atomic E-state index is -1.06. The van der Waals surface area contributed by atoms with Gasteiger partial charge in [-0.2, -0.15) is 0 Å². The van der Waals surface area contributed by atoms with E-state index in [1.165, 1.54) is 4.68 Å². The number of ether oxygens (including phenoxy) is 1. The Bertz CT molecular complexity index is 1000. The number of nitrogens with one attached hydrogen (secondary N) is 1. The number of nitrogens with zero attached hydrogens (tertiary/aromatic N) is 4. The number of aliphatic carboxylic acids is 1. The van der Waals surface area contributed by atoms with Crippen molar-refractivity contribution in [2.75, 3.05) is 11.9 Å². The van der Waals surface area contributed by atoms with Crippen LogP contribution in [-0.4, -0.2) is 43.8 Å². The van der Waals surface area contributed by atoms with Gasteiger partial charge in [-0.05, 0) is 53.6 Å². The van der Waals surface area contributed by atoms with Crippen LogP contribution in [0.1, 0.15) is 23.0 Å². The van der Waals surface area contributed by atoms with Gasteiger partial charge in [0.2, 0.25) is 5.91 Å². The van der Waals surface area contributed by atoms with E-state index in [0.717, 1.165) is 11.1 Å². The number of hydrogen-bond donors (Lipinski definition) is 2. The largest absolute Gasteiger partial charge is 0.482 e. The summed E-state index contributed by atoms with van der Waals surface area (Å²) in [6, 6.07) is 14.0. The highest BCUT2D eigenvalue weighted by molar-refractivity contribution is 5.94. The van der Waals surface area contributed by atoms with E-state index in [9.17, 15) is 9.59 Å². The van der Waals surface area contributed by atoms with E-state index < -0.39 is 18.6 Å². The molecule has 150 valence electrons. The van der Waals surface area contributed by atoms with Crippen LogP contribution < -0.4 is 10.1 Å². The molecule has 0 spiro atoms. The summed E-state index contributed by atoms with van der Waals surface area (Å²) in [6.07, 6.45) is 0.428. The number of rotatable bonds is 8. The fourth-order valence-electron chi connectivity index (χ4n) is 2.88. The van der Waals surface area contributed by atoms with Gasteiger partial charge in [-0.25, -0.2) is 9.48 Å². The number of aryl methyl sites for hydroxylation is 2. The number of carbonyl (C=O) groups is 2. The Morgan fingerprint density at radius 1 is 1.17 bits per heavy atom. The zero-order valence-electron chi connectivity index (χ0n) is 16.1. The SMILES string of the molecule is Cc1cc(OCC(=O)O)ccc1NC(=O)C(Cc1ccccc1)n1nnnc1C. The molecule has 0 aliphatic rings. The lowest BCUT2D eigenvalue weighted by Crippen LogP contribution is -2.29. The summed E-state index contributed by atoms with van der Waals surface area (Å²) >= 11 is 0. The van der Waals surface area contributed by atoms with E-state index >= 15 is 0 Å². The molecule has 0 aliphatic heterocycles. The highest BCUT2D eigenvalue weighted by atomic mass is 16.5. The predicted molar refractivity (Wildman–Crippen MR) is 105 cm³/mol. The van der Waals surface area contributed by atoms with E-state index in [2.05, 4.69) is 20.8 Å². The summed E-state index contributed by atoms with van der Waals surface area (Å²) in [5, 5.41) is 23.1. The van der Waals surface area contributed by atoms with Crippen LogP contribution in [0.3, 0.4) is 0 Å². The number of amides is 1. The molecule has 1 heterocycles. The fourth-order valence-corrected chi connectivity index (χ4v) is 2.88. The van der Waals surface area contributed by atoms with Gasteiger partial charge in [-0.15, -0.1) is 5.10 Å². The number of anilines is 1. The molecule has 29 heavy (non-hydrogen) atoms. The molecule has 2 aromatic carbocycles. The highest BCUT2D eigenvalue weighted by Gasteiger charge is 2.24. The lowest BCUT2D eigenvalue weighted by Gasteiger charge is -2.19. The number of carboxylic acid groups (broad SMARTS) is 1. The third-order valence-corrected chi connectivity index (χ3v) is 4.35. The average molecular weight is 395 g/mol. The molecule has 1 unspecified atom stereocenters. The quantitative estimate of drug-likeness (QED) is 0.600. The van der Waals surface area contributed by atoms with E-state index in [1.807, 2.05) is 30.3 Å². The molecule has 9 nitrogen and oxygen atoms in total. The minimum Gasteiger partial charge on any atom is -0.482 e. The number of benzene rings is 2. The van der Waals surface area contributed by atoms with Gasteiger partial charge in [-0.3, -0.25) is 4.79 Å². The molecule has 0 saturated carbocycles. The summed E-state index contributed by atoms with van der Waals surface area (Å²) < 4.78 is 6.67. The molecule has 3 rings (SSSR count). The Hall–Kier alpha value is -3.75. The first-order chi connectivity index (χ1) is 13.9. The van der Waals surface area contributed by atoms with Gasteiger partial charge in [0.05, 0.1) is 0 Å². The van der Waals surface area contributed by atoms with Crippen molar-refractivity contribution in [3.8, 4) is 5.75 Å². The fraction of sp³-hybridized carbons (Fsp3) is 0.250. The lowest BCUT2D eigenvalue weighted by atomic mass is 10.0. The van der Waals surface area contributed by atoms with Crippen LogP contribution in [0.5, 0.6) is 5.75 Å². The lowest BCUT2D eigenvalue weighted by molar-refractivity contribution is -0.139. The van der Waals surface area contributed by atoms with Crippen molar-refractivity contribution in [3.05, 3.63) is 65.5 Å². The standard InChI is InChI=1S/C20H21N5O4/c1-13-10-16(29-12-19(26)27)8-9-17(13)21-20(28)18(25-14(2)22-23-24-25)11-15-6-4-3-5-7-15/h3-10,18H,11-12H2,1-2H3,(H,21,28)(H,26,27). The van der Waals surface area contributed by atoms with Crippen molar-refractivity contribution in [1.82, 2.24) is 20.2 Å². The van der Waals surface area contributed by atoms with Crippen LogP contribution in [0.25, 0.3) is 0 Å². The molecule has 1 amide bonds. The third-order valence-electron chi connectivity index (χ3n) is 4.35. The summed E-state index contributed by atoms with van der Waals surface area (Å²) in [5.74, 6) is -0.359. The van der Waals surface area contributed by atoms with Crippen LogP contribution in [0, 0.1) is 13.8 Å². The number of carbonyl (C=O) groups excluding carboxylic acids is 1. The summed E-state index contributed by atoms with van der Waals surface area (Å²) in [7, 11) is 0. The van der Waals surface area contributed by atoms with E-state index in [-0.39, 0.29) is 5.91 Å². The highest BCUT2D eigenvalue weighted by Crippen LogP contribution is 2.23. The second-order valence-electron chi connectivity index (χ2n) is 6.52. The molecule has 0 aliphatic carbocycles. The first-order valence-corrected chi connectivity index (χ1v) is 8.98. The van der Waals surface area contributed by atoms with Gasteiger partial charge in [0.15, 0.2) is 6.61 Å². The first kappa shape index (κ1) is 20.0. The van der Waals surface area contributed by atoms with Crippen LogP contribution in [-0.2, 0) is 16.0 Å². The Labute approximate surface area is 167 Å². The molecule has 1 atom stereocenters. The van der Waals surface area contributed by atoms with E-state index in [0.29, 0.717) is 23.7 Å². The normalized spacial score (nSPS) is 11.7. The first-order valence-electron chi connectivity index (χ1n) is 8.98. The van der Waals surface area contributed by atoms with E-state index in [4.69, 9.17) is 9.84 Å². The zero-order valence-corrected chi connectivity index (χ0v) is 16.1. The molecule has 0 radical (unpaired) electrons. The Morgan fingerprint density at radius 2 is 1.93 bits per heavy atom. The molecule has 0 saturated heterocycles. The average Bonchev–Trinajstić information content (AvgIpc) is 3.12. The van der Waals surface area contributed by atoms with Crippen molar-refractivity contribution in [2.45, 2.75) is 26.3 Å². The Balaban J connectivity index is 1.79. The molecular weight excluding hydrogens is 374 g/mol. The molecule has 3 aromatic rings. The Morgan fingerprint density at radius 3 is 2.55 bits per heavy atom. The van der Waals surface area contributed by atoms with Gasteiger partial charge >= 0.3 is 5.97 Å². The minimum absolute atomic E-state index is 0.258. The van der Waals surface area contributed by atoms with Crippen LogP contribution in [0.15, 0.2) is 48.5 Å². The van der Waals surface area contributed by atoms with Crippen molar-refractivity contribution in [2.24, 2.45) is 0 Å². The molecule has 1 aromatic heterocycles. The van der Waals surface area contributed by atoms with Crippen molar-refractivity contribution in [1.29, 1.82) is 0 Å². The van der Waals surface area contributed by atoms with Gasteiger partial charge in [-0.1, -0.05) is 30.3 Å². The van der Waals surface area contributed by atoms with Gasteiger partial charge in [0.1, 0.15) is 17.6 Å². The van der Waals surface area contributed by atoms with Gasteiger partial charge < -0.3 is 15.2 Å². The molecule has 0 fully saturated rings. The summed E-state index contributed by atoms with van der Waals surface area (Å²) in [4.78, 5) is 23.7. The van der Waals surface area contributed by atoms with Gasteiger partial charge in [0, 0.05) is 12.1 Å². The van der Waals surface area contributed by atoms with Crippen molar-refractivity contribution in [3.63, 3.8) is 0 Å². The second-order valence-corrected chi connectivity index (χ2v) is 6.52. The molecular formula is C20H21N5O4. The maximum atomic E-state index is 13.1. The molecule has 0 bridgehead atoms. The maximum absolute atomic E-state index is 13.1.